The number of halogens is 3. The zero-order valence-corrected chi connectivity index (χ0v) is 15.3. The molecule has 0 atom stereocenters. The number of pyridine rings is 1. The van der Waals surface area contributed by atoms with E-state index >= 15 is 0 Å². The lowest BCUT2D eigenvalue weighted by Crippen LogP contribution is -2.35. The van der Waals surface area contributed by atoms with Gasteiger partial charge in [-0.3, -0.25) is 4.79 Å². The summed E-state index contributed by atoms with van der Waals surface area (Å²) in [6.07, 6.45) is -2.79. The molecular formula is C17H18F3N3O3S. The molecule has 0 bridgehead atoms. The lowest BCUT2D eigenvalue weighted by atomic mass is 10.2. The minimum Gasteiger partial charge on any atom is -0.475 e. The molecule has 1 N–H and O–H groups in total. The van der Waals surface area contributed by atoms with Gasteiger partial charge in [0.1, 0.15) is 5.82 Å². The van der Waals surface area contributed by atoms with Crippen molar-refractivity contribution in [2.24, 2.45) is 0 Å². The smallest absolute Gasteiger partial charge is 0.475 e. The van der Waals surface area contributed by atoms with Crippen molar-refractivity contribution in [2.75, 3.05) is 25.0 Å². The van der Waals surface area contributed by atoms with Gasteiger partial charge >= 0.3 is 12.1 Å². The quantitative estimate of drug-likeness (QED) is 0.838. The fourth-order valence-corrected chi connectivity index (χ4v) is 3.12. The van der Waals surface area contributed by atoms with E-state index in [9.17, 15) is 18.0 Å². The average Bonchev–Trinajstić information content (AvgIpc) is 3.04. The third kappa shape index (κ3) is 5.95. The first-order valence-electron chi connectivity index (χ1n) is 7.92. The first-order valence-corrected chi connectivity index (χ1v) is 8.86. The van der Waals surface area contributed by atoms with Gasteiger partial charge in [0.2, 0.25) is 5.91 Å². The number of carboxylic acid groups (broad SMARTS) is 1. The van der Waals surface area contributed by atoms with Crippen LogP contribution in [0.1, 0.15) is 11.1 Å². The fourth-order valence-electron chi connectivity index (χ4n) is 2.45. The molecule has 1 aliphatic rings. The van der Waals surface area contributed by atoms with Gasteiger partial charge in [-0.05, 0) is 28.5 Å². The molecule has 0 saturated heterocycles. The summed E-state index contributed by atoms with van der Waals surface area (Å²) < 4.78 is 31.7. The molecule has 3 heterocycles. The Hall–Kier alpha value is -2.62. The molecule has 0 unspecified atom stereocenters. The van der Waals surface area contributed by atoms with Crippen LogP contribution >= 0.6 is 11.3 Å². The predicted octanol–water partition coefficient (Wildman–Crippen LogP) is 2.80. The zero-order valence-electron chi connectivity index (χ0n) is 14.4. The van der Waals surface area contributed by atoms with E-state index in [2.05, 4.69) is 16.0 Å². The Morgan fingerprint density at radius 3 is 2.59 bits per heavy atom. The largest absolute Gasteiger partial charge is 0.490 e. The number of anilines is 1. The molecular weight excluding hydrogens is 383 g/mol. The zero-order chi connectivity index (χ0) is 20.0. The van der Waals surface area contributed by atoms with Gasteiger partial charge in [-0.1, -0.05) is 6.07 Å². The van der Waals surface area contributed by atoms with Crippen molar-refractivity contribution in [1.82, 2.24) is 9.88 Å². The average molecular weight is 401 g/mol. The molecule has 2 aromatic rings. The normalized spacial score (nSPS) is 13.9. The molecule has 3 rings (SSSR count). The monoisotopic (exact) mass is 401 g/mol. The molecule has 0 fully saturated rings. The van der Waals surface area contributed by atoms with E-state index < -0.39 is 12.1 Å². The van der Waals surface area contributed by atoms with Gasteiger partial charge in [0.25, 0.3) is 0 Å². The topological polar surface area (TPSA) is 73.7 Å². The Labute approximate surface area is 157 Å². The van der Waals surface area contributed by atoms with Crippen molar-refractivity contribution in [2.45, 2.75) is 19.1 Å². The Morgan fingerprint density at radius 1 is 1.30 bits per heavy atom. The summed E-state index contributed by atoms with van der Waals surface area (Å²) in [5.41, 5.74) is 2.22. The van der Waals surface area contributed by atoms with Crippen molar-refractivity contribution in [3.63, 3.8) is 0 Å². The van der Waals surface area contributed by atoms with Crippen molar-refractivity contribution in [1.29, 1.82) is 0 Å². The molecule has 0 spiro atoms. The molecule has 10 heteroatoms. The van der Waals surface area contributed by atoms with Crippen LogP contribution in [0.2, 0.25) is 0 Å². The van der Waals surface area contributed by atoms with Gasteiger partial charge in [0.15, 0.2) is 0 Å². The summed E-state index contributed by atoms with van der Waals surface area (Å²) in [7, 11) is 2.03. The predicted molar refractivity (Wildman–Crippen MR) is 94.6 cm³/mol. The lowest BCUT2D eigenvalue weighted by molar-refractivity contribution is -0.192. The molecule has 27 heavy (non-hydrogen) atoms. The molecule has 146 valence electrons. The van der Waals surface area contributed by atoms with E-state index in [4.69, 9.17) is 9.90 Å². The maximum absolute atomic E-state index is 12.4. The van der Waals surface area contributed by atoms with E-state index in [1.165, 1.54) is 0 Å². The molecule has 1 amide bonds. The summed E-state index contributed by atoms with van der Waals surface area (Å²) >= 11 is 1.63. The van der Waals surface area contributed by atoms with Crippen LogP contribution < -0.4 is 4.90 Å². The maximum Gasteiger partial charge on any atom is 0.490 e. The lowest BCUT2D eigenvalue weighted by Gasteiger charge is -2.20. The second-order valence-corrected chi connectivity index (χ2v) is 6.61. The molecule has 6 nitrogen and oxygen atoms in total. The maximum atomic E-state index is 12.4. The van der Waals surface area contributed by atoms with Crippen molar-refractivity contribution >= 4 is 29.0 Å². The van der Waals surface area contributed by atoms with Crippen LogP contribution in [0.4, 0.5) is 19.0 Å². The molecule has 0 aromatic carbocycles. The van der Waals surface area contributed by atoms with Crippen molar-refractivity contribution < 1.29 is 27.9 Å². The van der Waals surface area contributed by atoms with Gasteiger partial charge in [0.05, 0.1) is 6.42 Å². The molecule has 0 aliphatic carbocycles. The second kappa shape index (κ2) is 8.85. The van der Waals surface area contributed by atoms with Crippen molar-refractivity contribution in [3.05, 3.63) is 46.3 Å². The van der Waals surface area contributed by atoms with Crippen LogP contribution in [-0.4, -0.2) is 53.2 Å². The Kier molecular flexibility index (Phi) is 6.78. The number of amides is 1. The molecule has 1 aliphatic heterocycles. The molecule has 0 radical (unpaired) electrons. The first-order chi connectivity index (χ1) is 12.7. The highest BCUT2D eigenvalue weighted by molar-refractivity contribution is 7.08. The first kappa shape index (κ1) is 20.7. The molecule has 0 saturated carbocycles. The third-order valence-electron chi connectivity index (χ3n) is 3.83. The number of aromatic nitrogens is 1. The third-order valence-corrected chi connectivity index (χ3v) is 4.56. The number of thiophene rings is 1. The van der Waals surface area contributed by atoms with Crippen LogP contribution in [0.5, 0.6) is 0 Å². The van der Waals surface area contributed by atoms with E-state index in [-0.39, 0.29) is 5.91 Å². The van der Waals surface area contributed by atoms with Crippen LogP contribution in [-0.2, 0) is 22.6 Å². The summed E-state index contributed by atoms with van der Waals surface area (Å²) in [4.78, 5) is 29.8. The van der Waals surface area contributed by atoms with Gasteiger partial charge < -0.3 is 14.9 Å². The number of likely N-dealkylation sites (N-methyl/N-ethyl adjacent to an activating group) is 1. The van der Waals surface area contributed by atoms with Gasteiger partial charge in [-0.15, -0.1) is 0 Å². The number of alkyl halides is 3. The fraction of sp³-hybridized carbons (Fsp3) is 0.353. The number of carbonyl (C=O) groups is 2. The number of carbonyl (C=O) groups excluding carboxylic acids is 1. The highest BCUT2D eigenvalue weighted by atomic mass is 32.1. The van der Waals surface area contributed by atoms with Crippen LogP contribution in [0.25, 0.3) is 0 Å². The number of hydrogen-bond acceptors (Lipinski definition) is 5. The highest BCUT2D eigenvalue weighted by Gasteiger charge is 2.38. The Balaban J connectivity index is 0.000000321. The number of fused-ring (bicyclic) bond motifs is 1. The van der Waals surface area contributed by atoms with Crippen LogP contribution in [0.15, 0.2) is 35.2 Å². The SMILES string of the molecule is CN1CCN(C(=O)Cc2ccsc2)Cc2cccnc21.O=C(O)C(F)(F)F. The minimum atomic E-state index is -5.08. The number of carboxylic acids is 1. The molecule has 2 aromatic heterocycles. The number of hydrogen-bond donors (Lipinski definition) is 1. The second-order valence-electron chi connectivity index (χ2n) is 5.83. The highest BCUT2D eigenvalue weighted by Crippen LogP contribution is 2.21. The summed E-state index contributed by atoms with van der Waals surface area (Å²) in [5.74, 6) is -1.58. The minimum absolute atomic E-state index is 0.188. The van der Waals surface area contributed by atoms with Crippen molar-refractivity contribution in [3.8, 4) is 0 Å². The number of aliphatic carboxylic acids is 1. The Bertz CT molecular complexity index is 781. The summed E-state index contributed by atoms with van der Waals surface area (Å²) in [6, 6.07) is 6.00. The Morgan fingerprint density at radius 2 is 2.00 bits per heavy atom. The van der Waals surface area contributed by atoms with E-state index in [1.807, 2.05) is 34.8 Å². The number of rotatable bonds is 2. The van der Waals surface area contributed by atoms with Gasteiger partial charge in [-0.2, -0.15) is 24.5 Å². The van der Waals surface area contributed by atoms with E-state index in [0.717, 1.165) is 30.0 Å². The standard InChI is InChI=1S/C15H17N3OS.C2HF3O2/c1-17-6-7-18(10-13-3-2-5-16-15(13)17)14(19)9-12-4-8-20-11-12;3-2(4,5)1(6)7/h2-5,8,11H,6-7,9-10H2,1H3;(H,6,7). The van der Waals surface area contributed by atoms with Crippen LogP contribution in [0.3, 0.4) is 0 Å². The van der Waals surface area contributed by atoms with E-state index in [0.29, 0.717) is 13.0 Å². The number of nitrogens with zero attached hydrogens (tertiary/aromatic N) is 3. The van der Waals surface area contributed by atoms with E-state index in [1.54, 1.807) is 17.5 Å². The van der Waals surface area contributed by atoms with Crippen LogP contribution in [0, 0.1) is 0 Å². The summed E-state index contributed by atoms with van der Waals surface area (Å²) in [5, 5.41) is 11.2. The van der Waals surface area contributed by atoms with Gasteiger partial charge in [-0.25, -0.2) is 9.78 Å². The van der Waals surface area contributed by atoms with Gasteiger partial charge in [0, 0.05) is 38.4 Å². The summed E-state index contributed by atoms with van der Waals surface area (Å²) in [6.45, 7) is 2.21.